The molecule has 0 bridgehead atoms. The molecule has 0 aliphatic heterocycles. The summed E-state index contributed by atoms with van der Waals surface area (Å²) in [5, 5.41) is 8.58. The van der Waals surface area contributed by atoms with Crippen LogP contribution in [0.1, 0.15) is 45.0 Å². The van der Waals surface area contributed by atoms with Crippen molar-refractivity contribution in [2.75, 3.05) is 6.61 Å². The number of para-hydroxylation sites is 2. The number of unbranched alkanes of at least 4 members (excludes halogenated alkanes) is 1. The molecule has 0 aliphatic carbocycles. The number of ether oxygens (including phenoxy) is 1. The summed E-state index contributed by atoms with van der Waals surface area (Å²) < 4.78 is 7.96. The van der Waals surface area contributed by atoms with Gasteiger partial charge in [0.15, 0.2) is 0 Å². The highest BCUT2D eigenvalue weighted by Crippen LogP contribution is 2.23. The van der Waals surface area contributed by atoms with Crippen LogP contribution in [-0.4, -0.2) is 16.2 Å². The fraction of sp³-hybridized carbons (Fsp3) is 0.500. The molecule has 4 heteroatoms. The zero-order chi connectivity index (χ0) is 14.4. The molecular weight excluding hydrogens is 250 g/mol. The molecule has 0 fully saturated rings. The third kappa shape index (κ3) is 3.17. The zero-order valence-electron chi connectivity index (χ0n) is 12.2. The molecule has 0 radical (unpaired) electrons. The Labute approximate surface area is 120 Å². The second kappa shape index (κ2) is 7.06. The first-order valence-electron chi connectivity index (χ1n) is 7.21. The number of aromatic nitrogens is 2. The summed E-state index contributed by atoms with van der Waals surface area (Å²) in [6, 6.07) is 10.3. The average molecular weight is 271 g/mol. The van der Waals surface area contributed by atoms with Crippen molar-refractivity contribution >= 4 is 11.0 Å². The Balaban J connectivity index is 2.28. The van der Waals surface area contributed by atoms with E-state index in [1.807, 2.05) is 25.1 Å². The molecule has 4 nitrogen and oxygen atoms in total. The third-order valence-corrected chi connectivity index (χ3v) is 3.36. The van der Waals surface area contributed by atoms with Crippen LogP contribution in [0.15, 0.2) is 24.3 Å². The third-order valence-electron chi connectivity index (χ3n) is 3.36. The van der Waals surface area contributed by atoms with E-state index < -0.39 is 0 Å². The predicted molar refractivity (Wildman–Crippen MR) is 79.2 cm³/mol. The Morgan fingerprint density at radius 3 is 2.95 bits per heavy atom. The first-order valence-corrected chi connectivity index (χ1v) is 7.21. The molecule has 0 saturated carbocycles. The van der Waals surface area contributed by atoms with Gasteiger partial charge in [0, 0.05) is 6.54 Å². The molecule has 1 aromatic heterocycles. The molecule has 0 amide bonds. The maximum Gasteiger partial charge on any atom is 0.138 e. The highest BCUT2D eigenvalue weighted by molar-refractivity contribution is 5.75. The molecule has 2 aromatic rings. The maximum absolute atomic E-state index is 8.58. The van der Waals surface area contributed by atoms with Crippen molar-refractivity contribution in [3.05, 3.63) is 30.1 Å². The minimum absolute atomic E-state index is 0.0902. The van der Waals surface area contributed by atoms with Gasteiger partial charge in [-0.1, -0.05) is 25.5 Å². The number of benzene rings is 1. The van der Waals surface area contributed by atoms with Crippen molar-refractivity contribution in [3.63, 3.8) is 0 Å². The zero-order valence-corrected chi connectivity index (χ0v) is 12.2. The number of nitrogens with zero attached hydrogens (tertiary/aromatic N) is 3. The normalized spacial score (nSPS) is 12.4. The molecule has 1 unspecified atom stereocenters. The summed E-state index contributed by atoms with van der Waals surface area (Å²) in [5.41, 5.74) is 2.17. The SMILES string of the molecule is CCCCn1c(C(C)OCCC#N)nc2ccccc21. The van der Waals surface area contributed by atoms with E-state index in [1.54, 1.807) is 0 Å². The van der Waals surface area contributed by atoms with Crippen LogP contribution < -0.4 is 0 Å². The van der Waals surface area contributed by atoms with Gasteiger partial charge in [-0.25, -0.2) is 4.98 Å². The van der Waals surface area contributed by atoms with Crippen molar-refractivity contribution in [2.45, 2.75) is 45.8 Å². The molecule has 1 heterocycles. The minimum Gasteiger partial charge on any atom is -0.370 e. The van der Waals surface area contributed by atoms with E-state index in [4.69, 9.17) is 15.0 Å². The van der Waals surface area contributed by atoms with E-state index in [0.717, 1.165) is 36.2 Å². The molecule has 0 aliphatic rings. The number of aryl methyl sites for hydroxylation is 1. The Hall–Kier alpha value is -1.86. The lowest BCUT2D eigenvalue weighted by atomic mass is 10.3. The van der Waals surface area contributed by atoms with E-state index in [1.165, 1.54) is 0 Å². The van der Waals surface area contributed by atoms with E-state index >= 15 is 0 Å². The summed E-state index contributed by atoms with van der Waals surface area (Å²) in [4.78, 5) is 4.70. The first-order chi connectivity index (χ1) is 9.77. The summed E-state index contributed by atoms with van der Waals surface area (Å²) in [6.45, 7) is 5.60. The predicted octanol–water partition coefficient (Wildman–Crippen LogP) is 3.83. The van der Waals surface area contributed by atoms with Gasteiger partial charge in [0.1, 0.15) is 11.9 Å². The van der Waals surface area contributed by atoms with Gasteiger partial charge in [0.25, 0.3) is 0 Å². The number of imidazole rings is 1. The fourth-order valence-electron chi connectivity index (χ4n) is 2.31. The molecule has 0 saturated heterocycles. The molecule has 20 heavy (non-hydrogen) atoms. The number of hydrogen-bond acceptors (Lipinski definition) is 3. The lowest BCUT2D eigenvalue weighted by molar-refractivity contribution is 0.0616. The Kier molecular flexibility index (Phi) is 5.14. The highest BCUT2D eigenvalue weighted by atomic mass is 16.5. The van der Waals surface area contributed by atoms with Crippen molar-refractivity contribution in [1.29, 1.82) is 5.26 Å². The van der Waals surface area contributed by atoms with Crippen LogP contribution in [0.25, 0.3) is 11.0 Å². The lowest BCUT2D eigenvalue weighted by Crippen LogP contribution is -2.10. The van der Waals surface area contributed by atoms with Gasteiger partial charge in [0.2, 0.25) is 0 Å². The van der Waals surface area contributed by atoms with Crippen LogP contribution in [0.4, 0.5) is 0 Å². The monoisotopic (exact) mass is 271 g/mol. The largest absolute Gasteiger partial charge is 0.370 e. The van der Waals surface area contributed by atoms with Gasteiger partial charge < -0.3 is 9.30 Å². The fourth-order valence-corrected chi connectivity index (χ4v) is 2.31. The molecule has 2 rings (SSSR count). The maximum atomic E-state index is 8.58. The van der Waals surface area contributed by atoms with E-state index in [9.17, 15) is 0 Å². The van der Waals surface area contributed by atoms with Crippen LogP contribution in [0.5, 0.6) is 0 Å². The van der Waals surface area contributed by atoms with Gasteiger partial charge in [-0.05, 0) is 25.5 Å². The Bertz CT molecular complexity index is 597. The topological polar surface area (TPSA) is 50.8 Å². The smallest absolute Gasteiger partial charge is 0.138 e. The molecule has 0 N–H and O–H groups in total. The molecule has 0 spiro atoms. The number of rotatable bonds is 7. The molecule has 106 valence electrons. The van der Waals surface area contributed by atoms with Crippen molar-refractivity contribution in [2.24, 2.45) is 0 Å². The van der Waals surface area contributed by atoms with Gasteiger partial charge >= 0.3 is 0 Å². The standard InChI is InChI=1S/C16H21N3O/c1-3-4-11-19-15-9-6-5-8-14(15)18-16(19)13(2)20-12-7-10-17/h5-6,8-9,13H,3-4,7,11-12H2,1-2H3. The summed E-state index contributed by atoms with van der Waals surface area (Å²) in [7, 11) is 0. The molecular formula is C16H21N3O. The van der Waals surface area contributed by atoms with E-state index in [2.05, 4.69) is 23.6 Å². The van der Waals surface area contributed by atoms with Gasteiger partial charge in [-0.15, -0.1) is 0 Å². The Morgan fingerprint density at radius 2 is 2.20 bits per heavy atom. The van der Waals surface area contributed by atoms with E-state index in [0.29, 0.717) is 13.0 Å². The summed E-state index contributed by atoms with van der Waals surface area (Å²) in [6.07, 6.45) is 2.60. The number of hydrogen-bond donors (Lipinski definition) is 0. The minimum atomic E-state index is -0.0902. The molecule has 1 aromatic carbocycles. The average Bonchev–Trinajstić information content (AvgIpc) is 2.84. The number of nitriles is 1. The van der Waals surface area contributed by atoms with Crippen LogP contribution >= 0.6 is 0 Å². The van der Waals surface area contributed by atoms with Crippen LogP contribution in [0.3, 0.4) is 0 Å². The second-order valence-corrected chi connectivity index (χ2v) is 4.89. The Morgan fingerprint density at radius 1 is 1.40 bits per heavy atom. The van der Waals surface area contributed by atoms with Gasteiger partial charge in [0.05, 0.1) is 30.1 Å². The van der Waals surface area contributed by atoms with Crippen LogP contribution in [0, 0.1) is 11.3 Å². The van der Waals surface area contributed by atoms with Crippen molar-refractivity contribution < 1.29 is 4.74 Å². The van der Waals surface area contributed by atoms with Crippen molar-refractivity contribution in [3.8, 4) is 6.07 Å². The number of fused-ring (bicyclic) bond motifs is 1. The van der Waals surface area contributed by atoms with Gasteiger partial charge in [-0.3, -0.25) is 0 Å². The first kappa shape index (κ1) is 14.5. The van der Waals surface area contributed by atoms with Crippen LogP contribution in [0.2, 0.25) is 0 Å². The summed E-state index contributed by atoms with van der Waals surface area (Å²) >= 11 is 0. The van der Waals surface area contributed by atoms with Crippen molar-refractivity contribution in [1.82, 2.24) is 9.55 Å². The molecule has 1 atom stereocenters. The second-order valence-electron chi connectivity index (χ2n) is 4.89. The van der Waals surface area contributed by atoms with E-state index in [-0.39, 0.29) is 6.10 Å². The summed E-state index contributed by atoms with van der Waals surface area (Å²) in [5.74, 6) is 0.956. The highest BCUT2D eigenvalue weighted by Gasteiger charge is 2.16. The van der Waals surface area contributed by atoms with Gasteiger partial charge in [-0.2, -0.15) is 5.26 Å². The quantitative estimate of drug-likeness (QED) is 0.719. The lowest BCUT2D eigenvalue weighted by Gasteiger charge is -2.14. The van der Waals surface area contributed by atoms with Crippen LogP contribution in [-0.2, 0) is 11.3 Å².